The maximum absolute atomic E-state index is 11.4. The largest absolute Gasteiger partial charge is 0.481 e. The number of carbonyl (C=O) groups excluding carboxylic acids is 1. The number of unbranched alkanes of at least 4 members (excludes halogenated alkanes) is 8. The summed E-state index contributed by atoms with van der Waals surface area (Å²) in [5.41, 5.74) is 0. The van der Waals surface area contributed by atoms with Crippen LogP contribution in [-0.4, -0.2) is 16.9 Å². The summed E-state index contributed by atoms with van der Waals surface area (Å²) in [6.07, 6.45) is 13.0. The quantitative estimate of drug-likeness (QED) is 0.464. The minimum atomic E-state index is -0.809. The summed E-state index contributed by atoms with van der Waals surface area (Å²) < 4.78 is 0. The maximum atomic E-state index is 11.4. The van der Waals surface area contributed by atoms with Crippen LogP contribution in [0.3, 0.4) is 0 Å². The van der Waals surface area contributed by atoms with Gasteiger partial charge in [-0.1, -0.05) is 58.3 Å². The summed E-state index contributed by atoms with van der Waals surface area (Å²) in [4.78, 5) is 21.7. The van der Waals surface area contributed by atoms with Gasteiger partial charge < -0.3 is 5.11 Å². The van der Waals surface area contributed by atoms with Crippen LogP contribution >= 0.6 is 0 Å². The first-order valence-corrected chi connectivity index (χ1v) is 7.90. The van der Waals surface area contributed by atoms with Crippen LogP contribution in [0.15, 0.2) is 0 Å². The highest BCUT2D eigenvalue weighted by Crippen LogP contribution is 2.11. The number of aliphatic carboxylic acids is 1. The molecule has 0 amide bonds. The molecule has 3 nitrogen and oxygen atoms in total. The molecule has 0 heterocycles. The van der Waals surface area contributed by atoms with E-state index < -0.39 is 5.97 Å². The number of ketones is 1. The van der Waals surface area contributed by atoms with Crippen LogP contribution in [0.2, 0.25) is 0 Å². The molecule has 0 bridgehead atoms. The number of hydrogen-bond acceptors (Lipinski definition) is 2. The summed E-state index contributed by atoms with van der Waals surface area (Å²) >= 11 is 0. The van der Waals surface area contributed by atoms with Gasteiger partial charge >= 0.3 is 5.97 Å². The van der Waals surface area contributed by atoms with Crippen molar-refractivity contribution in [2.24, 2.45) is 0 Å². The average molecular weight is 270 g/mol. The predicted octanol–water partition coefficient (Wildman–Crippen LogP) is 4.73. The first-order chi connectivity index (χ1) is 9.16. The Morgan fingerprint density at radius 1 is 0.684 bits per heavy atom. The van der Waals surface area contributed by atoms with Gasteiger partial charge in [0.15, 0.2) is 0 Å². The second kappa shape index (κ2) is 13.6. The Morgan fingerprint density at radius 3 is 1.68 bits per heavy atom. The Labute approximate surface area is 117 Å². The summed E-state index contributed by atoms with van der Waals surface area (Å²) in [6, 6.07) is 0. The standard InChI is InChI=1S/C16H30O3/c1-2-3-4-5-6-7-8-9-10-12-15(17)13-11-14-16(18)19/h2-14H2,1H3,(H,18,19). The number of carboxylic acid groups (broad SMARTS) is 1. The van der Waals surface area contributed by atoms with E-state index in [0.717, 1.165) is 12.8 Å². The molecule has 0 radical (unpaired) electrons. The molecule has 0 aromatic carbocycles. The predicted molar refractivity (Wildman–Crippen MR) is 78.3 cm³/mol. The molecule has 112 valence electrons. The summed E-state index contributed by atoms with van der Waals surface area (Å²) in [5, 5.41) is 8.47. The Morgan fingerprint density at radius 2 is 1.16 bits per heavy atom. The summed E-state index contributed by atoms with van der Waals surface area (Å²) in [7, 11) is 0. The van der Waals surface area contributed by atoms with Crippen LogP contribution in [0.1, 0.15) is 90.4 Å². The van der Waals surface area contributed by atoms with Crippen molar-refractivity contribution in [1.29, 1.82) is 0 Å². The van der Waals surface area contributed by atoms with Crippen molar-refractivity contribution in [2.45, 2.75) is 90.4 Å². The van der Waals surface area contributed by atoms with E-state index in [1.165, 1.54) is 44.9 Å². The molecule has 3 heteroatoms. The Balaban J connectivity index is 3.16. The zero-order chi connectivity index (χ0) is 14.3. The topological polar surface area (TPSA) is 54.4 Å². The monoisotopic (exact) mass is 270 g/mol. The number of carbonyl (C=O) groups is 2. The van der Waals surface area contributed by atoms with E-state index in [-0.39, 0.29) is 12.2 Å². The average Bonchev–Trinajstić information content (AvgIpc) is 2.36. The van der Waals surface area contributed by atoms with Gasteiger partial charge in [-0.3, -0.25) is 9.59 Å². The van der Waals surface area contributed by atoms with Gasteiger partial charge in [0.25, 0.3) is 0 Å². The molecule has 0 saturated carbocycles. The van der Waals surface area contributed by atoms with Gasteiger partial charge in [-0.25, -0.2) is 0 Å². The number of carboxylic acids is 1. The van der Waals surface area contributed by atoms with E-state index in [9.17, 15) is 9.59 Å². The molecule has 0 spiro atoms. The van der Waals surface area contributed by atoms with Crippen LogP contribution in [-0.2, 0) is 9.59 Å². The van der Waals surface area contributed by atoms with E-state index in [1.54, 1.807) is 0 Å². The van der Waals surface area contributed by atoms with Crippen LogP contribution in [0.25, 0.3) is 0 Å². The fourth-order valence-corrected chi connectivity index (χ4v) is 2.19. The third-order valence-electron chi connectivity index (χ3n) is 3.41. The van der Waals surface area contributed by atoms with Gasteiger partial charge in [-0.2, -0.15) is 0 Å². The van der Waals surface area contributed by atoms with Crippen LogP contribution in [0, 0.1) is 0 Å². The third-order valence-corrected chi connectivity index (χ3v) is 3.41. The molecule has 0 aliphatic carbocycles. The van der Waals surface area contributed by atoms with Crippen molar-refractivity contribution in [3.63, 3.8) is 0 Å². The molecule has 0 aromatic heterocycles. The van der Waals surface area contributed by atoms with Gasteiger partial charge in [-0.05, 0) is 12.8 Å². The lowest BCUT2D eigenvalue weighted by Crippen LogP contribution is -2.00. The minimum absolute atomic E-state index is 0.115. The summed E-state index contributed by atoms with van der Waals surface area (Å²) in [5.74, 6) is -0.583. The minimum Gasteiger partial charge on any atom is -0.481 e. The highest BCUT2D eigenvalue weighted by atomic mass is 16.4. The normalized spacial score (nSPS) is 10.6. The molecule has 19 heavy (non-hydrogen) atoms. The van der Waals surface area contributed by atoms with E-state index in [1.807, 2.05) is 0 Å². The van der Waals surface area contributed by atoms with Crippen molar-refractivity contribution in [1.82, 2.24) is 0 Å². The highest BCUT2D eigenvalue weighted by molar-refractivity contribution is 5.78. The van der Waals surface area contributed by atoms with Crippen molar-refractivity contribution in [3.8, 4) is 0 Å². The molecular formula is C16H30O3. The fourth-order valence-electron chi connectivity index (χ4n) is 2.19. The zero-order valence-electron chi connectivity index (χ0n) is 12.5. The van der Waals surface area contributed by atoms with Crippen LogP contribution in [0.5, 0.6) is 0 Å². The highest BCUT2D eigenvalue weighted by Gasteiger charge is 2.03. The van der Waals surface area contributed by atoms with Crippen LogP contribution < -0.4 is 0 Å². The second-order valence-electron chi connectivity index (χ2n) is 5.36. The molecular weight excluding hydrogens is 240 g/mol. The maximum Gasteiger partial charge on any atom is 0.303 e. The van der Waals surface area contributed by atoms with Gasteiger partial charge in [-0.15, -0.1) is 0 Å². The van der Waals surface area contributed by atoms with Gasteiger partial charge in [0, 0.05) is 19.3 Å². The van der Waals surface area contributed by atoms with Crippen molar-refractivity contribution in [3.05, 3.63) is 0 Å². The first-order valence-electron chi connectivity index (χ1n) is 7.90. The SMILES string of the molecule is CCCCCCCCCCCC(=O)CCCC(=O)O. The summed E-state index contributed by atoms with van der Waals surface area (Å²) in [6.45, 7) is 2.23. The van der Waals surface area contributed by atoms with Crippen molar-refractivity contribution in [2.75, 3.05) is 0 Å². The molecule has 1 N–H and O–H groups in total. The van der Waals surface area contributed by atoms with E-state index >= 15 is 0 Å². The van der Waals surface area contributed by atoms with E-state index in [4.69, 9.17) is 5.11 Å². The van der Waals surface area contributed by atoms with Gasteiger partial charge in [0.1, 0.15) is 5.78 Å². The molecule has 0 aromatic rings. The Kier molecular flexibility index (Phi) is 13.0. The fraction of sp³-hybridized carbons (Fsp3) is 0.875. The van der Waals surface area contributed by atoms with Gasteiger partial charge in [0.05, 0.1) is 0 Å². The lowest BCUT2D eigenvalue weighted by Gasteiger charge is -2.02. The lowest BCUT2D eigenvalue weighted by atomic mass is 10.0. The Hall–Kier alpha value is -0.860. The molecule has 0 rings (SSSR count). The molecule has 0 atom stereocenters. The zero-order valence-corrected chi connectivity index (χ0v) is 12.5. The molecule has 0 aliphatic heterocycles. The van der Waals surface area contributed by atoms with E-state index in [0.29, 0.717) is 19.3 Å². The molecule has 0 fully saturated rings. The Bertz CT molecular complexity index is 236. The number of rotatable bonds is 14. The van der Waals surface area contributed by atoms with E-state index in [2.05, 4.69) is 6.92 Å². The number of Topliss-reactive ketones (excluding diaryl/α,β-unsaturated/α-hetero) is 1. The van der Waals surface area contributed by atoms with Gasteiger partial charge in [0.2, 0.25) is 0 Å². The molecule has 0 unspecified atom stereocenters. The molecule has 0 saturated heterocycles. The van der Waals surface area contributed by atoms with Crippen LogP contribution in [0.4, 0.5) is 0 Å². The smallest absolute Gasteiger partial charge is 0.303 e. The lowest BCUT2D eigenvalue weighted by molar-refractivity contribution is -0.137. The number of hydrogen-bond donors (Lipinski definition) is 1. The van der Waals surface area contributed by atoms with Crippen molar-refractivity contribution < 1.29 is 14.7 Å². The first kappa shape index (κ1) is 18.1. The third kappa shape index (κ3) is 15.1. The molecule has 0 aliphatic rings. The second-order valence-corrected chi connectivity index (χ2v) is 5.36. The van der Waals surface area contributed by atoms with Crippen molar-refractivity contribution >= 4 is 11.8 Å².